The van der Waals surface area contributed by atoms with Crippen molar-refractivity contribution in [3.05, 3.63) is 12.2 Å². The van der Waals surface area contributed by atoms with Crippen LogP contribution in [0, 0.1) is 0 Å². The second-order valence-corrected chi connectivity index (χ2v) is 12.6. The van der Waals surface area contributed by atoms with Gasteiger partial charge in [0, 0.05) is 6.42 Å². The predicted octanol–water partition coefficient (Wildman–Crippen LogP) is 8.73. The van der Waals surface area contributed by atoms with Crippen molar-refractivity contribution in [1.82, 2.24) is 0 Å². The number of carbonyl (C=O) groups excluding carboxylic acids is 1. The number of carbonyl (C=O) groups is 1. The first kappa shape index (κ1) is 35.3. The highest BCUT2D eigenvalue weighted by molar-refractivity contribution is 7.48. The number of phosphoric acid groups is 1. The molecule has 0 fully saturated rings. The molecule has 0 amide bonds. The number of nitrogens with zero attached hydrogens (tertiary/aromatic N) is 1. The highest BCUT2D eigenvalue weighted by atomic mass is 31.2. The third-order valence-corrected chi connectivity index (χ3v) is 7.32. The Labute approximate surface area is 223 Å². The van der Waals surface area contributed by atoms with Gasteiger partial charge in [0.1, 0.15) is 13.2 Å². The van der Waals surface area contributed by atoms with Crippen LogP contribution in [-0.2, 0) is 18.4 Å². The van der Waals surface area contributed by atoms with Crippen molar-refractivity contribution < 1.29 is 27.8 Å². The van der Waals surface area contributed by atoms with Gasteiger partial charge in [-0.2, -0.15) is 0 Å². The monoisotopic (exact) mass is 532 g/mol. The Kier molecular flexibility index (Phi) is 23.0. The molecule has 0 aliphatic rings. The van der Waals surface area contributed by atoms with Gasteiger partial charge >= 0.3 is 13.8 Å². The third-order valence-electron chi connectivity index (χ3n) is 6.38. The minimum absolute atomic E-state index is 0.0707. The van der Waals surface area contributed by atoms with Crippen molar-refractivity contribution in [2.24, 2.45) is 0 Å². The molecular formula is C29H59NO5P+. The average Bonchev–Trinajstić information content (AvgIpc) is 2.78. The molecule has 1 atom stereocenters. The first-order valence-corrected chi connectivity index (χ1v) is 16.3. The van der Waals surface area contributed by atoms with Gasteiger partial charge in [-0.15, -0.1) is 0 Å². The minimum atomic E-state index is -4.29. The van der Waals surface area contributed by atoms with Gasteiger partial charge in [-0.05, 0) is 32.1 Å². The summed E-state index contributed by atoms with van der Waals surface area (Å²) in [6, 6.07) is 0. The Hall–Kier alpha value is -0.680. The lowest BCUT2D eigenvalue weighted by Crippen LogP contribution is -2.37. The summed E-state index contributed by atoms with van der Waals surface area (Å²) in [5.41, 5.74) is 0. The van der Waals surface area contributed by atoms with Gasteiger partial charge in [-0.3, -0.25) is 14.2 Å². The SMILES string of the molecule is CCCCCCCCC=CCCCCCCCCCCCCCC(=O)OP(=O)(O)OCC[N+](C)(C)C. The van der Waals surface area contributed by atoms with Crippen LogP contribution in [-0.4, -0.2) is 49.6 Å². The molecule has 0 rings (SSSR count). The molecule has 0 aromatic rings. The quantitative estimate of drug-likeness (QED) is 0.0522. The smallest absolute Gasteiger partial charge is 0.371 e. The van der Waals surface area contributed by atoms with Crippen molar-refractivity contribution in [2.45, 2.75) is 135 Å². The Morgan fingerprint density at radius 3 is 1.58 bits per heavy atom. The van der Waals surface area contributed by atoms with Gasteiger partial charge in [0.2, 0.25) is 0 Å². The topological polar surface area (TPSA) is 72.8 Å². The first-order chi connectivity index (χ1) is 17.2. The maximum Gasteiger partial charge on any atom is 0.529 e. The fourth-order valence-electron chi connectivity index (χ4n) is 4.03. The molecule has 0 saturated carbocycles. The van der Waals surface area contributed by atoms with Gasteiger partial charge in [0.25, 0.3) is 0 Å². The molecule has 214 valence electrons. The molecule has 0 spiro atoms. The molecule has 6 nitrogen and oxygen atoms in total. The molecule has 0 aromatic carbocycles. The van der Waals surface area contributed by atoms with Crippen LogP contribution in [0.5, 0.6) is 0 Å². The lowest BCUT2D eigenvalue weighted by atomic mass is 10.0. The van der Waals surface area contributed by atoms with E-state index >= 15 is 0 Å². The van der Waals surface area contributed by atoms with E-state index in [0.717, 1.165) is 12.8 Å². The number of hydrogen-bond acceptors (Lipinski definition) is 4. The molecule has 36 heavy (non-hydrogen) atoms. The molecule has 0 saturated heterocycles. The zero-order valence-electron chi connectivity index (χ0n) is 24.2. The average molecular weight is 533 g/mol. The second kappa shape index (κ2) is 23.4. The summed E-state index contributed by atoms with van der Waals surface area (Å²) in [6.07, 6.45) is 28.8. The second-order valence-electron chi connectivity index (χ2n) is 11.2. The fraction of sp³-hybridized carbons (Fsp3) is 0.897. The van der Waals surface area contributed by atoms with Crippen molar-refractivity contribution in [1.29, 1.82) is 0 Å². The van der Waals surface area contributed by atoms with Crippen molar-refractivity contribution in [3.8, 4) is 0 Å². The van der Waals surface area contributed by atoms with Gasteiger partial charge < -0.3 is 9.01 Å². The Balaban J connectivity index is 3.39. The summed E-state index contributed by atoms with van der Waals surface area (Å²) in [5, 5.41) is 0. The highest BCUT2D eigenvalue weighted by Crippen LogP contribution is 2.43. The Morgan fingerprint density at radius 1 is 0.722 bits per heavy atom. The van der Waals surface area contributed by atoms with Crippen molar-refractivity contribution in [2.75, 3.05) is 34.3 Å². The number of allylic oxidation sites excluding steroid dienone is 2. The zero-order valence-corrected chi connectivity index (χ0v) is 25.1. The number of hydrogen-bond donors (Lipinski definition) is 1. The Bertz CT molecular complexity index is 589. The number of phosphoric ester groups is 1. The summed E-state index contributed by atoms with van der Waals surface area (Å²) in [4.78, 5) is 21.4. The van der Waals surface area contributed by atoms with E-state index in [2.05, 4.69) is 23.6 Å². The summed E-state index contributed by atoms with van der Waals surface area (Å²) in [5.74, 6) is -0.653. The molecule has 1 N–H and O–H groups in total. The molecule has 0 radical (unpaired) electrons. The fourth-order valence-corrected chi connectivity index (χ4v) is 4.75. The standard InChI is InChI=1S/C29H58NO5P/c1-5-6-7-8-9-10-11-12-13-14-15-16-17-18-19-20-21-22-23-24-25-26-29(31)35-36(32,33)34-28-27-30(2,3)4/h12-13H,5-11,14-28H2,1-4H3/p+1. The van der Waals surface area contributed by atoms with Crippen LogP contribution in [0.25, 0.3) is 0 Å². The van der Waals surface area contributed by atoms with Gasteiger partial charge in [-0.1, -0.05) is 109 Å². The number of likely N-dealkylation sites (N-methyl/N-ethyl adjacent to an activating group) is 1. The van der Waals surface area contributed by atoms with Crippen molar-refractivity contribution in [3.63, 3.8) is 0 Å². The first-order valence-electron chi connectivity index (χ1n) is 14.8. The predicted molar refractivity (Wildman–Crippen MR) is 152 cm³/mol. The largest absolute Gasteiger partial charge is 0.529 e. The van der Waals surface area contributed by atoms with Crippen molar-refractivity contribution >= 4 is 13.8 Å². The van der Waals surface area contributed by atoms with Gasteiger partial charge in [0.15, 0.2) is 0 Å². The normalized spacial score (nSPS) is 13.8. The molecule has 0 aliphatic heterocycles. The van der Waals surface area contributed by atoms with Crippen LogP contribution in [0.15, 0.2) is 12.2 Å². The number of quaternary nitrogens is 1. The molecule has 1 unspecified atom stereocenters. The van der Waals surface area contributed by atoms with Crippen LogP contribution < -0.4 is 0 Å². The molecule has 0 aliphatic carbocycles. The van der Waals surface area contributed by atoms with E-state index < -0.39 is 13.8 Å². The van der Waals surface area contributed by atoms with Crippen LogP contribution in [0.2, 0.25) is 0 Å². The van der Waals surface area contributed by atoms with E-state index in [0.29, 0.717) is 17.4 Å². The molecule has 7 heteroatoms. The minimum Gasteiger partial charge on any atom is -0.371 e. The van der Waals surface area contributed by atoms with Crippen LogP contribution in [0.1, 0.15) is 135 Å². The van der Waals surface area contributed by atoms with Crippen LogP contribution in [0.3, 0.4) is 0 Å². The third kappa shape index (κ3) is 27.9. The molecule has 0 heterocycles. The lowest BCUT2D eigenvalue weighted by Gasteiger charge is -2.23. The maximum atomic E-state index is 11.8. The summed E-state index contributed by atoms with van der Waals surface area (Å²) in [7, 11) is 1.57. The number of rotatable bonds is 26. The van der Waals surface area contributed by atoms with E-state index in [9.17, 15) is 14.3 Å². The summed E-state index contributed by atoms with van der Waals surface area (Å²) >= 11 is 0. The zero-order chi connectivity index (χ0) is 27.0. The van der Waals surface area contributed by atoms with Gasteiger partial charge in [-0.25, -0.2) is 4.57 Å². The van der Waals surface area contributed by atoms with Gasteiger partial charge in [0.05, 0.1) is 21.1 Å². The van der Waals surface area contributed by atoms with E-state index in [1.807, 2.05) is 21.1 Å². The maximum absolute atomic E-state index is 11.8. The van der Waals surface area contributed by atoms with E-state index in [1.54, 1.807) is 0 Å². The lowest BCUT2D eigenvalue weighted by molar-refractivity contribution is -0.870. The van der Waals surface area contributed by atoms with Crippen LogP contribution in [0.4, 0.5) is 0 Å². The van der Waals surface area contributed by atoms with Crippen LogP contribution >= 0.6 is 7.82 Å². The summed E-state index contributed by atoms with van der Waals surface area (Å²) in [6.45, 7) is 2.89. The summed E-state index contributed by atoms with van der Waals surface area (Å²) < 4.78 is 21.9. The highest BCUT2D eigenvalue weighted by Gasteiger charge is 2.26. The molecular weight excluding hydrogens is 473 g/mol. The number of unbranched alkanes of at least 4 members (excludes halogenated alkanes) is 17. The van der Waals surface area contributed by atoms with E-state index in [1.165, 1.54) is 103 Å². The van der Waals surface area contributed by atoms with E-state index in [-0.39, 0.29) is 13.0 Å². The van der Waals surface area contributed by atoms with E-state index in [4.69, 9.17) is 4.52 Å². The molecule has 0 aromatic heterocycles. The molecule has 0 bridgehead atoms. The Morgan fingerprint density at radius 2 is 1.14 bits per heavy atom.